The second-order valence-corrected chi connectivity index (χ2v) is 5.79. The van der Waals surface area contributed by atoms with Crippen LogP contribution in [-0.2, 0) is 6.42 Å². The number of benzene rings is 2. The van der Waals surface area contributed by atoms with Crippen molar-refractivity contribution in [1.29, 1.82) is 0 Å². The fourth-order valence-corrected chi connectivity index (χ4v) is 2.46. The summed E-state index contributed by atoms with van der Waals surface area (Å²) >= 11 is 0. The first-order valence-corrected chi connectivity index (χ1v) is 8.54. The predicted molar refractivity (Wildman–Crippen MR) is 101 cm³/mol. The van der Waals surface area contributed by atoms with Crippen LogP contribution in [0.3, 0.4) is 0 Å². The van der Waals surface area contributed by atoms with E-state index >= 15 is 0 Å². The highest BCUT2D eigenvalue weighted by Crippen LogP contribution is 2.27. The van der Waals surface area contributed by atoms with Crippen LogP contribution in [0.15, 0.2) is 42.5 Å². The summed E-state index contributed by atoms with van der Waals surface area (Å²) in [4.78, 5) is 11.8. The topological polar surface area (TPSA) is 68.8 Å². The Morgan fingerprint density at radius 2 is 1.73 bits per heavy atom. The molecular weight excluding hydrogens is 332 g/mol. The van der Waals surface area contributed by atoms with Crippen LogP contribution in [0, 0.1) is 6.92 Å². The van der Waals surface area contributed by atoms with Crippen molar-refractivity contribution in [1.82, 2.24) is 10.6 Å². The van der Waals surface area contributed by atoms with Crippen molar-refractivity contribution in [3.05, 3.63) is 53.6 Å². The number of urea groups is 1. The highest BCUT2D eigenvalue weighted by molar-refractivity contribution is 5.73. The van der Waals surface area contributed by atoms with E-state index in [0.29, 0.717) is 37.6 Å². The number of nitrogens with one attached hydrogen (secondary N) is 2. The second kappa shape index (κ2) is 10.2. The fraction of sp³-hybridized carbons (Fsp3) is 0.350. The molecule has 0 heterocycles. The van der Waals surface area contributed by atoms with E-state index in [1.165, 1.54) is 0 Å². The minimum Gasteiger partial charge on any atom is -0.493 e. The molecule has 0 radical (unpaired) electrons. The average molecular weight is 358 g/mol. The molecule has 0 spiro atoms. The smallest absolute Gasteiger partial charge is 0.314 e. The molecule has 0 saturated heterocycles. The van der Waals surface area contributed by atoms with E-state index in [4.69, 9.17) is 14.2 Å². The molecule has 0 saturated carbocycles. The molecule has 2 amide bonds. The lowest BCUT2D eigenvalue weighted by Gasteiger charge is -2.11. The quantitative estimate of drug-likeness (QED) is 0.676. The van der Waals surface area contributed by atoms with E-state index in [2.05, 4.69) is 10.6 Å². The van der Waals surface area contributed by atoms with Crippen LogP contribution in [0.4, 0.5) is 4.79 Å². The van der Waals surface area contributed by atoms with Gasteiger partial charge in [0.2, 0.25) is 0 Å². The molecule has 0 unspecified atom stereocenters. The molecule has 0 bridgehead atoms. The number of amides is 2. The van der Waals surface area contributed by atoms with Gasteiger partial charge in [0, 0.05) is 6.54 Å². The maximum atomic E-state index is 11.8. The summed E-state index contributed by atoms with van der Waals surface area (Å²) in [5.74, 6) is 2.18. The van der Waals surface area contributed by atoms with Gasteiger partial charge in [0.25, 0.3) is 0 Å². The summed E-state index contributed by atoms with van der Waals surface area (Å²) in [6.07, 6.45) is 0.702. The molecule has 0 aliphatic heterocycles. The van der Waals surface area contributed by atoms with Crippen LogP contribution in [0.25, 0.3) is 0 Å². The molecule has 140 valence electrons. The third kappa shape index (κ3) is 6.20. The summed E-state index contributed by atoms with van der Waals surface area (Å²) in [6, 6.07) is 13.3. The Morgan fingerprint density at radius 1 is 0.962 bits per heavy atom. The van der Waals surface area contributed by atoms with Crippen molar-refractivity contribution in [2.75, 3.05) is 33.9 Å². The molecule has 0 fully saturated rings. The molecule has 2 aromatic carbocycles. The molecule has 2 aromatic rings. The Morgan fingerprint density at radius 3 is 2.46 bits per heavy atom. The predicted octanol–water partition coefficient (Wildman–Crippen LogP) is 2.93. The van der Waals surface area contributed by atoms with Gasteiger partial charge in [-0.05, 0) is 48.7 Å². The van der Waals surface area contributed by atoms with Crippen molar-refractivity contribution < 1.29 is 19.0 Å². The van der Waals surface area contributed by atoms with Crippen LogP contribution >= 0.6 is 0 Å². The third-order valence-corrected chi connectivity index (χ3v) is 3.79. The zero-order valence-electron chi connectivity index (χ0n) is 15.5. The lowest BCUT2D eigenvalue weighted by atomic mass is 10.1. The first-order chi connectivity index (χ1) is 12.6. The van der Waals surface area contributed by atoms with Crippen molar-refractivity contribution >= 4 is 6.03 Å². The first kappa shape index (κ1) is 19.4. The molecule has 0 aromatic heterocycles. The van der Waals surface area contributed by atoms with Gasteiger partial charge in [0.05, 0.1) is 20.8 Å². The van der Waals surface area contributed by atoms with Gasteiger partial charge in [-0.2, -0.15) is 0 Å². The van der Waals surface area contributed by atoms with E-state index < -0.39 is 0 Å². The lowest BCUT2D eigenvalue weighted by molar-refractivity contribution is 0.236. The van der Waals surface area contributed by atoms with Crippen molar-refractivity contribution in [2.24, 2.45) is 0 Å². The van der Waals surface area contributed by atoms with Gasteiger partial charge in [-0.3, -0.25) is 0 Å². The fourth-order valence-electron chi connectivity index (χ4n) is 2.46. The molecule has 0 aliphatic rings. The number of hydrogen-bond acceptors (Lipinski definition) is 4. The van der Waals surface area contributed by atoms with Crippen LogP contribution in [0.1, 0.15) is 11.1 Å². The average Bonchev–Trinajstić information content (AvgIpc) is 2.65. The Hall–Kier alpha value is -2.89. The number of methoxy groups -OCH3 is 2. The van der Waals surface area contributed by atoms with E-state index in [9.17, 15) is 4.79 Å². The van der Waals surface area contributed by atoms with E-state index in [1.54, 1.807) is 14.2 Å². The highest BCUT2D eigenvalue weighted by atomic mass is 16.5. The van der Waals surface area contributed by atoms with Gasteiger partial charge in [0.15, 0.2) is 11.5 Å². The number of hydrogen-bond donors (Lipinski definition) is 2. The van der Waals surface area contributed by atoms with Gasteiger partial charge >= 0.3 is 6.03 Å². The molecular formula is C20H26N2O4. The number of carbonyl (C=O) groups excluding carboxylic acids is 1. The minimum absolute atomic E-state index is 0.210. The normalized spacial score (nSPS) is 10.1. The lowest BCUT2D eigenvalue weighted by Crippen LogP contribution is -2.38. The van der Waals surface area contributed by atoms with Gasteiger partial charge in [-0.15, -0.1) is 0 Å². The third-order valence-electron chi connectivity index (χ3n) is 3.79. The first-order valence-electron chi connectivity index (χ1n) is 8.54. The Balaban J connectivity index is 1.64. The van der Waals surface area contributed by atoms with Gasteiger partial charge in [0.1, 0.15) is 12.4 Å². The van der Waals surface area contributed by atoms with Crippen molar-refractivity contribution in [3.8, 4) is 17.2 Å². The number of aryl methyl sites for hydroxylation is 1. The summed E-state index contributed by atoms with van der Waals surface area (Å²) in [5.41, 5.74) is 2.20. The molecule has 2 N–H and O–H groups in total. The van der Waals surface area contributed by atoms with Gasteiger partial charge in [-0.25, -0.2) is 4.79 Å². The van der Waals surface area contributed by atoms with Gasteiger partial charge < -0.3 is 24.8 Å². The Bertz CT molecular complexity index is 719. The molecule has 0 aliphatic carbocycles. The standard InChI is InChI=1S/C20H26N2O4/c1-15-5-4-6-17(13-15)26-12-11-22-20(23)21-10-9-16-7-8-18(24-2)19(14-16)25-3/h4-8,13-14H,9-12H2,1-3H3,(H2,21,22,23). The van der Waals surface area contributed by atoms with E-state index in [1.807, 2.05) is 49.4 Å². The van der Waals surface area contributed by atoms with E-state index in [-0.39, 0.29) is 6.03 Å². The molecule has 2 rings (SSSR count). The number of rotatable bonds is 9. The maximum absolute atomic E-state index is 11.8. The van der Waals surface area contributed by atoms with Gasteiger partial charge in [-0.1, -0.05) is 18.2 Å². The van der Waals surface area contributed by atoms with Crippen LogP contribution < -0.4 is 24.8 Å². The number of carbonyl (C=O) groups is 1. The largest absolute Gasteiger partial charge is 0.493 e. The van der Waals surface area contributed by atoms with Crippen molar-refractivity contribution in [2.45, 2.75) is 13.3 Å². The number of ether oxygens (including phenoxy) is 3. The molecule has 6 nitrogen and oxygen atoms in total. The van der Waals surface area contributed by atoms with Crippen LogP contribution in [-0.4, -0.2) is 39.9 Å². The highest BCUT2D eigenvalue weighted by Gasteiger charge is 2.05. The Labute approximate surface area is 154 Å². The molecule has 26 heavy (non-hydrogen) atoms. The summed E-state index contributed by atoms with van der Waals surface area (Å²) < 4.78 is 16.1. The minimum atomic E-state index is -0.210. The zero-order chi connectivity index (χ0) is 18.8. The van der Waals surface area contributed by atoms with Crippen LogP contribution in [0.5, 0.6) is 17.2 Å². The summed E-state index contributed by atoms with van der Waals surface area (Å²) in [6.45, 7) is 3.40. The molecule has 6 heteroatoms. The Kier molecular flexibility index (Phi) is 7.61. The summed E-state index contributed by atoms with van der Waals surface area (Å²) in [5, 5.41) is 5.60. The van der Waals surface area contributed by atoms with Crippen LogP contribution in [0.2, 0.25) is 0 Å². The SMILES string of the molecule is COc1ccc(CCNC(=O)NCCOc2cccc(C)c2)cc1OC. The molecule has 0 atom stereocenters. The van der Waals surface area contributed by atoms with Crippen molar-refractivity contribution in [3.63, 3.8) is 0 Å². The summed E-state index contributed by atoms with van der Waals surface area (Å²) in [7, 11) is 3.21. The van der Waals surface area contributed by atoms with E-state index in [0.717, 1.165) is 16.9 Å². The zero-order valence-corrected chi connectivity index (χ0v) is 15.5. The second-order valence-electron chi connectivity index (χ2n) is 5.79. The monoisotopic (exact) mass is 358 g/mol. The maximum Gasteiger partial charge on any atom is 0.314 e.